The average Bonchev–Trinajstić information content (AvgIpc) is 3.61. The summed E-state index contributed by atoms with van der Waals surface area (Å²) >= 11 is 1.58. The average molecular weight is 473 g/mol. The lowest BCUT2D eigenvalue weighted by Crippen LogP contribution is -2.27. The van der Waals surface area contributed by atoms with Crippen LogP contribution in [0.2, 0.25) is 0 Å². The fraction of sp³-hybridized carbons (Fsp3) is 0.192. The van der Waals surface area contributed by atoms with Crippen LogP contribution in [-0.4, -0.2) is 32.0 Å². The fourth-order valence-corrected chi connectivity index (χ4v) is 5.26. The lowest BCUT2D eigenvalue weighted by Gasteiger charge is -2.23. The number of carbonyl (C=O) groups excluding carboxylic acids is 2. The van der Waals surface area contributed by atoms with Crippen LogP contribution in [0.4, 0.5) is 0 Å². The summed E-state index contributed by atoms with van der Waals surface area (Å²) in [4.78, 5) is 31.3. The van der Waals surface area contributed by atoms with Crippen LogP contribution in [0.25, 0.3) is 5.69 Å². The van der Waals surface area contributed by atoms with Gasteiger partial charge >= 0.3 is 0 Å². The minimum absolute atomic E-state index is 0.0833. The van der Waals surface area contributed by atoms with E-state index in [1.807, 2.05) is 83.3 Å². The van der Waals surface area contributed by atoms with Gasteiger partial charge in [-0.15, -0.1) is 11.8 Å². The third-order valence-corrected chi connectivity index (χ3v) is 7.10. The molecule has 1 aliphatic rings. The van der Waals surface area contributed by atoms with Gasteiger partial charge in [0.05, 0.1) is 24.2 Å². The number of hydrogen-bond donors (Lipinski definition) is 1. The summed E-state index contributed by atoms with van der Waals surface area (Å²) in [6.45, 7) is 2.78. The number of amides is 2. The number of aromatic nitrogens is 2. The summed E-state index contributed by atoms with van der Waals surface area (Å²) in [5.41, 5.74) is 3.56. The van der Waals surface area contributed by atoms with E-state index in [1.54, 1.807) is 24.2 Å². The Kier molecular flexibility index (Phi) is 6.22. The largest absolute Gasteiger partial charge is 0.467 e. The minimum atomic E-state index is -0.147. The van der Waals surface area contributed by atoms with Crippen LogP contribution < -0.4 is 5.32 Å². The highest BCUT2D eigenvalue weighted by Crippen LogP contribution is 2.39. The fourth-order valence-electron chi connectivity index (χ4n) is 4.08. The summed E-state index contributed by atoms with van der Waals surface area (Å²) in [6, 6.07) is 19.1. The Morgan fingerprint density at radius 1 is 1.15 bits per heavy atom. The third kappa shape index (κ3) is 4.49. The molecule has 1 aliphatic heterocycles. The number of nitrogens with one attached hydrogen (secondary N) is 1. The monoisotopic (exact) mass is 472 g/mol. The molecule has 0 saturated carbocycles. The molecule has 0 bridgehead atoms. The molecule has 172 valence electrons. The highest BCUT2D eigenvalue weighted by Gasteiger charge is 2.33. The molecule has 4 aromatic rings. The molecule has 3 heterocycles. The van der Waals surface area contributed by atoms with Crippen LogP contribution in [0, 0.1) is 6.92 Å². The number of nitrogens with zero attached hydrogens (tertiary/aromatic N) is 3. The van der Waals surface area contributed by atoms with Gasteiger partial charge in [0.1, 0.15) is 17.0 Å². The molecular weight excluding hydrogens is 448 g/mol. The molecule has 1 fully saturated rings. The van der Waals surface area contributed by atoms with Gasteiger partial charge in [0.25, 0.3) is 5.91 Å². The predicted molar refractivity (Wildman–Crippen MR) is 130 cm³/mol. The maximum Gasteiger partial charge on any atom is 0.251 e. The van der Waals surface area contributed by atoms with Crippen molar-refractivity contribution in [3.05, 3.63) is 108 Å². The molecule has 1 N–H and O–H groups in total. The van der Waals surface area contributed by atoms with Crippen molar-refractivity contribution in [1.82, 2.24) is 19.8 Å². The Morgan fingerprint density at radius 3 is 2.71 bits per heavy atom. The number of hydrogen-bond acceptors (Lipinski definition) is 5. The first kappa shape index (κ1) is 22.0. The summed E-state index contributed by atoms with van der Waals surface area (Å²) < 4.78 is 7.42. The van der Waals surface area contributed by atoms with E-state index in [1.165, 1.54) is 0 Å². The van der Waals surface area contributed by atoms with Gasteiger partial charge < -0.3 is 19.2 Å². The molecule has 0 radical (unpaired) electrons. The van der Waals surface area contributed by atoms with Crippen LogP contribution in [0.15, 0.2) is 83.7 Å². The van der Waals surface area contributed by atoms with Crippen LogP contribution in [0.1, 0.15) is 38.4 Å². The molecular formula is C26H24N4O3S. The molecule has 5 rings (SSSR count). The molecule has 2 aromatic heterocycles. The Bertz CT molecular complexity index is 1300. The molecule has 0 unspecified atom stereocenters. The van der Waals surface area contributed by atoms with E-state index in [9.17, 15) is 9.59 Å². The molecule has 1 saturated heterocycles. The zero-order chi connectivity index (χ0) is 23.5. The second-order valence-corrected chi connectivity index (χ2v) is 9.11. The lowest BCUT2D eigenvalue weighted by molar-refractivity contribution is -0.128. The topological polar surface area (TPSA) is 80.4 Å². The van der Waals surface area contributed by atoms with Crippen molar-refractivity contribution < 1.29 is 14.0 Å². The SMILES string of the molecule is Cc1nccn1-c1ccccc1CNC(=O)c1ccc([C@H]2SCC(=O)N2Cc2ccco2)cc1. The molecule has 7 nitrogen and oxygen atoms in total. The Balaban J connectivity index is 1.26. The van der Waals surface area contributed by atoms with Crippen LogP contribution in [0.5, 0.6) is 0 Å². The van der Waals surface area contributed by atoms with Gasteiger partial charge in [0.15, 0.2) is 0 Å². The zero-order valence-corrected chi connectivity index (χ0v) is 19.5. The van der Waals surface area contributed by atoms with E-state index >= 15 is 0 Å². The molecule has 0 aliphatic carbocycles. The van der Waals surface area contributed by atoms with E-state index in [4.69, 9.17) is 4.42 Å². The van der Waals surface area contributed by atoms with Crippen molar-refractivity contribution >= 4 is 23.6 Å². The zero-order valence-electron chi connectivity index (χ0n) is 18.7. The number of thioether (sulfide) groups is 1. The van der Waals surface area contributed by atoms with E-state index in [-0.39, 0.29) is 17.2 Å². The Morgan fingerprint density at radius 2 is 1.97 bits per heavy atom. The number of carbonyl (C=O) groups is 2. The number of benzene rings is 2. The van der Waals surface area contributed by atoms with Crippen molar-refractivity contribution in [2.75, 3.05) is 5.75 Å². The van der Waals surface area contributed by atoms with Gasteiger partial charge in [-0.3, -0.25) is 9.59 Å². The standard InChI is InChI=1S/C26H24N4O3S/c1-18-27-12-13-29(18)23-7-3-2-5-21(23)15-28-25(32)19-8-10-20(11-9-19)26-30(24(31)17-34-26)16-22-6-4-14-33-22/h2-14,26H,15-17H2,1H3,(H,28,32)/t26-/m1/s1. The van der Waals surface area contributed by atoms with E-state index in [0.29, 0.717) is 24.4 Å². The summed E-state index contributed by atoms with van der Waals surface area (Å²) in [5.74, 6) is 2.01. The number of aryl methyl sites for hydroxylation is 1. The number of furan rings is 1. The molecule has 34 heavy (non-hydrogen) atoms. The van der Waals surface area contributed by atoms with E-state index in [2.05, 4.69) is 10.3 Å². The normalized spacial score (nSPS) is 15.6. The molecule has 2 amide bonds. The van der Waals surface area contributed by atoms with Crippen LogP contribution in [0.3, 0.4) is 0 Å². The smallest absolute Gasteiger partial charge is 0.251 e. The van der Waals surface area contributed by atoms with Gasteiger partial charge in [-0.1, -0.05) is 30.3 Å². The molecule has 0 spiro atoms. The second kappa shape index (κ2) is 9.61. The highest BCUT2D eigenvalue weighted by atomic mass is 32.2. The summed E-state index contributed by atoms with van der Waals surface area (Å²) in [5, 5.41) is 2.92. The number of imidazole rings is 1. The Labute approximate surface area is 201 Å². The van der Waals surface area contributed by atoms with Crippen molar-refractivity contribution in [1.29, 1.82) is 0 Å². The summed E-state index contributed by atoms with van der Waals surface area (Å²) in [7, 11) is 0. The molecule has 8 heteroatoms. The first-order valence-electron chi connectivity index (χ1n) is 11.0. The lowest BCUT2D eigenvalue weighted by atomic mass is 10.1. The predicted octanol–water partition coefficient (Wildman–Crippen LogP) is 4.48. The molecule has 2 aromatic carbocycles. The third-order valence-electron chi connectivity index (χ3n) is 5.85. The van der Waals surface area contributed by atoms with Gasteiger partial charge in [0.2, 0.25) is 5.91 Å². The first-order chi connectivity index (χ1) is 16.6. The number of para-hydroxylation sites is 1. The highest BCUT2D eigenvalue weighted by molar-refractivity contribution is 8.00. The van der Waals surface area contributed by atoms with Gasteiger partial charge in [-0.05, 0) is 48.4 Å². The van der Waals surface area contributed by atoms with Crippen molar-refractivity contribution in [2.45, 2.75) is 25.4 Å². The first-order valence-corrected chi connectivity index (χ1v) is 12.0. The van der Waals surface area contributed by atoms with E-state index in [0.717, 1.165) is 28.4 Å². The van der Waals surface area contributed by atoms with Crippen molar-refractivity contribution in [3.8, 4) is 5.69 Å². The van der Waals surface area contributed by atoms with E-state index < -0.39 is 0 Å². The minimum Gasteiger partial charge on any atom is -0.467 e. The van der Waals surface area contributed by atoms with Gasteiger partial charge in [0, 0.05) is 24.5 Å². The molecule has 1 atom stereocenters. The van der Waals surface area contributed by atoms with Gasteiger partial charge in [-0.2, -0.15) is 0 Å². The van der Waals surface area contributed by atoms with Crippen LogP contribution >= 0.6 is 11.8 Å². The maximum absolute atomic E-state index is 12.8. The van der Waals surface area contributed by atoms with Gasteiger partial charge in [-0.25, -0.2) is 4.98 Å². The second-order valence-electron chi connectivity index (χ2n) is 8.04. The van der Waals surface area contributed by atoms with Crippen molar-refractivity contribution in [2.24, 2.45) is 0 Å². The quantitative estimate of drug-likeness (QED) is 0.429. The summed E-state index contributed by atoms with van der Waals surface area (Å²) in [6.07, 6.45) is 5.29. The Hall–Kier alpha value is -3.78. The van der Waals surface area contributed by atoms with Crippen LogP contribution in [-0.2, 0) is 17.9 Å². The maximum atomic E-state index is 12.8. The van der Waals surface area contributed by atoms with Crippen molar-refractivity contribution in [3.63, 3.8) is 0 Å². The number of rotatable bonds is 7.